The molecule has 31 heavy (non-hydrogen) atoms. The summed E-state index contributed by atoms with van der Waals surface area (Å²) >= 11 is 12.2. The molecular weight excluding hydrogens is 439 g/mol. The summed E-state index contributed by atoms with van der Waals surface area (Å²) < 4.78 is 9.87. The number of hydrogen-bond acceptors (Lipinski definition) is 4. The van der Waals surface area contributed by atoms with Gasteiger partial charge >= 0.3 is 5.69 Å². The van der Waals surface area contributed by atoms with Crippen LogP contribution >= 0.6 is 23.2 Å². The topological polar surface area (TPSA) is 71.1 Å². The molecule has 5 rings (SSSR count). The van der Waals surface area contributed by atoms with Crippen molar-refractivity contribution in [2.75, 3.05) is 7.11 Å². The lowest BCUT2D eigenvalue weighted by atomic mass is 10.2. The molecule has 0 spiro atoms. The Morgan fingerprint density at radius 2 is 1.90 bits per heavy atom. The molecule has 1 fully saturated rings. The number of benzene rings is 2. The molecule has 0 saturated heterocycles. The number of halogens is 2. The predicted molar refractivity (Wildman–Crippen MR) is 120 cm³/mol. The van der Waals surface area contributed by atoms with Crippen molar-refractivity contribution >= 4 is 34.4 Å². The van der Waals surface area contributed by atoms with Gasteiger partial charge in [0.1, 0.15) is 5.75 Å². The summed E-state index contributed by atoms with van der Waals surface area (Å²) in [6, 6.07) is 12.4. The van der Waals surface area contributed by atoms with Gasteiger partial charge in [-0.15, -0.1) is 0 Å². The van der Waals surface area contributed by atoms with Gasteiger partial charge in [-0.2, -0.15) is 0 Å². The number of imidazole rings is 1. The van der Waals surface area contributed by atoms with E-state index in [1.165, 1.54) is 9.13 Å². The number of methoxy groups -OCH3 is 1. The zero-order valence-corrected chi connectivity index (χ0v) is 18.1. The lowest BCUT2D eigenvalue weighted by Gasteiger charge is -2.13. The minimum Gasteiger partial charge on any atom is -0.497 e. The first-order valence-corrected chi connectivity index (χ1v) is 10.5. The van der Waals surface area contributed by atoms with Crippen LogP contribution in [0.15, 0.2) is 58.4 Å². The molecule has 0 bridgehead atoms. The van der Waals surface area contributed by atoms with Gasteiger partial charge in [-0.1, -0.05) is 35.3 Å². The van der Waals surface area contributed by atoms with Crippen LogP contribution in [0.5, 0.6) is 5.75 Å². The van der Waals surface area contributed by atoms with Gasteiger partial charge in [0, 0.05) is 18.7 Å². The lowest BCUT2D eigenvalue weighted by molar-refractivity contribution is 0.414. The maximum absolute atomic E-state index is 13.3. The lowest BCUT2D eigenvalue weighted by Crippen LogP contribution is -2.39. The van der Waals surface area contributed by atoms with Crippen molar-refractivity contribution in [2.24, 2.45) is 0 Å². The fourth-order valence-corrected chi connectivity index (χ4v) is 4.07. The Morgan fingerprint density at radius 3 is 2.61 bits per heavy atom. The fraction of sp³-hybridized carbons (Fsp3) is 0.227. The van der Waals surface area contributed by atoms with Crippen LogP contribution in [0.3, 0.4) is 0 Å². The van der Waals surface area contributed by atoms with Gasteiger partial charge in [-0.05, 0) is 42.7 Å². The van der Waals surface area contributed by atoms with E-state index in [0.717, 1.165) is 18.4 Å². The Balaban J connectivity index is 1.75. The first-order chi connectivity index (χ1) is 15.0. The number of rotatable bonds is 5. The van der Waals surface area contributed by atoms with Gasteiger partial charge < -0.3 is 9.30 Å². The average molecular weight is 457 g/mol. The highest BCUT2D eigenvalue weighted by molar-refractivity contribution is 6.42. The summed E-state index contributed by atoms with van der Waals surface area (Å²) in [6.45, 7) is 0.365. The Hall–Kier alpha value is -3.03. The second-order valence-electron chi connectivity index (χ2n) is 7.52. The molecule has 1 aliphatic rings. The maximum atomic E-state index is 13.3. The molecular formula is C22H18Cl2N4O3. The fourth-order valence-electron chi connectivity index (χ4n) is 3.74. The highest BCUT2D eigenvalue weighted by Gasteiger charge is 2.30. The predicted octanol–water partition coefficient (Wildman–Crippen LogP) is 4.05. The monoisotopic (exact) mass is 456 g/mol. The zero-order chi connectivity index (χ0) is 21.7. The van der Waals surface area contributed by atoms with Crippen molar-refractivity contribution in [3.8, 4) is 11.4 Å². The highest BCUT2D eigenvalue weighted by atomic mass is 35.5. The largest absolute Gasteiger partial charge is 0.497 e. The van der Waals surface area contributed by atoms with Crippen LogP contribution < -0.4 is 16.0 Å². The van der Waals surface area contributed by atoms with Crippen molar-refractivity contribution < 1.29 is 4.74 Å². The van der Waals surface area contributed by atoms with E-state index in [4.69, 9.17) is 27.9 Å². The van der Waals surface area contributed by atoms with Crippen molar-refractivity contribution in [3.63, 3.8) is 0 Å². The minimum absolute atomic E-state index is 0.0883. The third-order valence-corrected chi connectivity index (χ3v) is 6.15. The Kier molecular flexibility index (Phi) is 4.87. The molecule has 2 aromatic carbocycles. The molecule has 0 N–H and O–H groups in total. The van der Waals surface area contributed by atoms with Crippen molar-refractivity contribution in [3.05, 3.63) is 85.2 Å². The van der Waals surface area contributed by atoms with Crippen LogP contribution in [0.1, 0.15) is 24.4 Å². The molecule has 0 aliphatic heterocycles. The Morgan fingerprint density at radius 1 is 1.10 bits per heavy atom. The van der Waals surface area contributed by atoms with E-state index >= 15 is 0 Å². The number of nitrogens with zero attached hydrogens (tertiary/aromatic N) is 4. The summed E-state index contributed by atoms with van der Waals surface area (Å²) in [5.74, 6) is 0.608. The quantitative estimate of drug-likeness (QED) is 0.454. The molecule has 7 nitrogen and oxygen atoms in total. The van der Waals surface area contributed by atoms with Crippen LogP contribution in [0, 0.1) is 0 Å². The third-order valence-electron chi connectivity index (χ3n) is 5.41. The zero-order valence-electron chi connectivity index (χ0n) is 16.6. The van der Waals surface area contributed by atoms with E-state index in [1.54, 1.807) is 54.4 Å². The normalized spacial score (nSPS) is 13.6. The van der Waals surface area contributed by atoms with Gasteiger partial charge in [0.15, 0.2) is 11.2 Å². The summed E-state index contributed by atoms with van der Waals surface area (Å²) in [5, 5.41) is 0.899. The van der Waals surface area contributed by atoms with Crippen molar-refractivity contribution in [1.82, 2.24) is 18.7 Å². The summed E-state index contributed by atoms with van der Waals surface area (Å²) in [4.78, 5) is 31.1. The van der Waals surface area contributed by atoms with Gasteiger partial charge in [-0.25, -0.2) is 14.3 Å². The van der Waals surface area contributed by atoms with E-state index in [-0.39, 0.29) is 11.6 Å². The van der Waals surface area contributed by atoms with Crippen LogP contribution in [0.2, 0.25) is 10.0 Å². The summed E-state index contributed by atoms with van der Waals surface area (Å²) in [5.41, 5.74) is 1.39. The van der Waals surface area contributed by atoms with E-state index in [2.05, 4.69) is 4.98 Å². The molecule has 0 atom stereocenters. The molecule has 158 valence electrons. The molecule has 4 aromatic rings. The number of fused-ring (bicyclic) bond motifs is 1. The second kappa shape index (κ2) is 7.59. The van der Waals surface area contributed by atoms with Crippen LogP contribution in [-0.2, 0) is 6.54 Å². The van der Waals surface area contributed by atoms with Gasteiger partial charge in [0.2, 0.25) is 0 Å². The average Bonchev–Trinajstić information content (AvgIpc) is 3.51. The molecule has 0 unspecified atom stereocenters. The number of aromatic nitrogens is 4. The minimum atomic E-state index is -0.395. The van der Waals surface area contributed by atoms with E-state index in [9.17, 15) is 9.59 Å². The Bertz CT molecular complexity index is 1430. The molecule has 2 aromatic heterocycles. The smallest absolute Gasteiger partial charge is 0.337 e. The first kappa shape index (κ1) is 19.9. The van der Waals surface area contributed by atoms with Crippen molar-refractivity contribution in [2.45, 2.75) is 25.4 Å². The SMILES string of the molecule is COc1cccc(-n2c(=O)n(C3CC3)c(=O)c3c2ncn3Cc2ccc(Cl)c(Cl)c2)c1. The van der Waals surface area contributed by atoms with E-state index in [0.29, 0.717) is 39.2 Å². The number of ether oxygens (including phenoxy) is 1. The summed E-state index contributed by atoms with van der Waals surface area (Å²) in [7, 11) is 1.56. The number of hydrogen-bond donors (Lipinski definition) is 0. The summed E-state index contributed by atoms with van der Waals surface area (Å²) in [6.07, 6.45) is 3.18. The molecule has 2 heterocycles. The van der Waals surface area contributed by atoms with Crippen molar-refractivity contribution in [1.29, 1.82) is 0 Å². The second-order valence-corrected chi connectivity index (χ2v) is 8.33. The maximum Gasteiger partial charge on any atom is 0.337 e. The highest BCUT2D eigenvalue weighted by Crippen LogP contribution is 2.33. The van der Waals surface area contributed by atoms with E-state index < -0.39 is 5.69 Å². The molecule has 9 heteroatoms. The van der Waals surface area contributed by atoms with Crippen LogP contribution in [0.25, 0.3) is 16.9 Å². The molecule has 1 saturated carbocycles. The standard InChI is InChI=1S/C22H18Cl2N4O3/c1-31-16-4-2-3-15(10-16)27-20-19(21(29)28(22(27)30)14-6-7-14)26(12-25-20)11-13-5-8-17(23)18(24)9-13/h2-5,8-10,12,14H,6-7,11H2,1H3. The molecule has 0 radical (unpaired) electrons. The third kappa shape index (κ3) is 3.43. The van der Waals surface area contributed by atoms with Crippen LogP contribution in [0.4, 0.5) is 0 Å². The van der Waals surface area contributed by atoms with E-state index in [1.807, 2.05) is 6.07 Å². The van der Waals surface area contributed by atoms with Gasteiger partial charge in [-0.3, -0.25) is 9.36 Å². The van der Waals surface area contributed by atoms with Crippen LogP contribution in [-0.4, -0.2) is 25.8 Å². The molecule has 0 amide bonds. The van der Waals surface area contributed by atoms with Gasteiger partial charge in [0.25, 0.3) is 5.56 Å². The Labute approximate surface area is 187 Å². The first-order valence-electron chi connectivity index (χ1n) is 9.78. The van der Waals surface area contributed by atoms with Gasteiger partial charge in [0.05, 0.1) is 29.2 Å². The molecule has 1 aliphatic carbocycles.